The van der Waals surface area contributed by atoms with Crippen LogP contribution < -0.4 is 0 Å². The van der Waals surface area contributed by atoms with E-state index in [4.69, 9.17) is 0 Å². The minimum Gasteiger partial charge on any atom is -0.348 e. The molecule has 1 aliphatic carbocycles. The van der Waals surface area contributed by atoms with Gasteiger partial charge in [-0.1, -0.05) is 6.08 Å². The van der Waals surface area contributed by atoms with Crippen LogP contribution in [0.2, 0.25) is 0 Å². The lowest BCUT2D eigenvalue weighted by molar-refractivity contribution is -0.419. The second-order valence-electron chi connectivity index (χ2n) is 4.22. The molecule has 0 aromatic carbocycles. The molecule has 20 heavy (non-hydrogen) atoms. The Morgan fingerprint density at radius 1 is 1.25 bits per heavy atom. The quantitative estimate of drug-likeness (QED) is 0.449. The summed E-state index contributed by atoms with van der Waals surface area (Å²) in [6.07, 6.45) is 14.8. The average molecular weight is 270 g/mol. The lowest BCUT2D eigenvalue weighted by atomic mass is 10.0. The van der Waals surface area contributed by atoms with E-state index in [2.05, 4.69) is 0 Å². The molecule has 0 radical (unpaired) electrons. The number of carbonyl (C=O) groups excluding carboxylic acids is 1. The van der Waals surface area contributed by atoms with Gasteiger partial charge in [-0.05, 0) is 37.3 Å². The van der Waals surface area contributed by atoms with Crippen LogP contribution in [0, 0.1) is 10.1 Å². The first-order valence-electron chi connectivity index (χ1n) is 6.24. The van der Waals surface area contributed by atoms with Gasteiger partial charge in [-0.25, -0.2) is 0 Å². The molecule has 2 aliphatic rings. The Morgan fingerprint density at radius 3 is 2.75 bits per heavy atom. The Labute approximate surface area is 116 Å². The molecular weight excluding hydrogens is 256 g/mol. The normalized spacial score (nSPS) is 21.8. The zero-order valence-electron chi connectivity index (χ0n) is 11.0. The van der Waals surface area contributed by atoms with Crippen LogP contribution in [-0.4, -0.2) is 22.2 Å². The minimum atomic E-state index is -0.508. The van der Waals surface area contributed by atoms with Gasteiger partial charge in [-0.3, -0.25) is 14.9 Å². The van der Waals surface area contributed by atoms with Crippen LogP contribution in [-0.2, 0) is 4.79 Å². The van der Waals surface area contributed by atoms with E-state index in [9.17, 15) is 14.9 Å². The average Bonchev–Trinajstić information content (AvgIpc) is 2.46. The van der Waals surface area contributed by atoms with Crippen molar-refractivity contribution in [1.29, 1.82) is 0 Å². The van der Waals surface area contributed by atoms with E-state index in [-0.39, 0.29) is 11.5 Å². The molecule has 0 N–H and O–H groups in total. The van der Waals surface area contributed by atoms with Gasteiger partial charge in [0.1, 0.15) is 0 Å². The predicted octanol–water partition coefficient (Wildman–Crippen LogP) is 2.50. The molecular formula is C15H14N2O3. The molecule has 1 heterocycles. The SMILES string of the molecule is CCN1C=CC=C/C1=C\C=C1\C=C([N+](=O)[O-])C=CC1=O. The summed E-state index contributed by atoms with van der Waals surface area (Å²) in [7, 11) is 0. The van der Waals surface area contributed by atoms with Gasteiger partial charge in [0.2, 0.25) is 0 Å². The fourth-order valence-electron chi connectivity index (χ4n) is 1.88. The van der Waals surface area contributed by atoms with E-state index in [1.54, 1.807) is 12.2 Å². The highest BCUT2D eigenvalue weighted by Gasteiger charge is 2.16. The zero-order chi connectivity index (χ0) is 14.5. The molecule has 0 saturated heterocycles. The number of ketones is 1. The van der Waals surface area contributed by atoms with Crippen LogP contribution in [0.1, 0.15) is 6.92 Å². The van der Waals surface area contributed by atoms with Crippen LogP contribution in [0.15, 0.2) is 71.8 Å². The standard InChI is InChI=1S/C15H14N2O3/c1-2-16-10-4-3-5-13(16)7-6-12-11-14(17(19)20)8-9-15(12)18/h3-11H,2H2,1H3/b12-6-,13-7+. The molecule has 0 bridgehead atoms. The van der Waals surface area contributed by atoms with E-state index in [1.807, 2.05) is 36.3 Å². The maximum absolute atomic E-state index is 11.7. The molecule has 0 aromatic heterocycles. The monoisotopic (exact) mass is 270 g/mol. The Hall–Kier alpha value is -2.69. The number of allylic oxidation sites excluding steroid dienone is 9. The second kappa shape index (κ2) is 5.97. The Kier molecular flexibility index (Phi) is 4.10. The van der Waals surface area contributed by atoms with Crippen molar-refractivity contribution < 1.29 is 9.72 Å². The van der Waals surface area contributed by atoms with Crippen LogP contribution >= 0.6 is 0 Å². The smallest absolute Gasteiger partial charge is 0.270 e. The van der Waals surface area contributed by atoms with E-state index in [1.165, 1.54) is 18.2 Å². The van der Waals surface area contributed by atoms with Crippen molar-refractivity contribution in [1.82, 2.24) is 4.90 Å². The van der Waals surface area contributed by atoms with Crippen molar-refractivity contribution in [3.05, 3.63) is 81.9 Å². The van der Waals surface area contributed by atoms with E-state index < -0.39 is 4.92 Å². The molecule has 0 fully saturated rings. The van der Waals surface area contributed by atoms with Crippen LogP contribution in [0.4, 0.5) is 0 Å². The van der Waals surface area contributed by atoms with Gasteiger partial charge in [-0.15, -0.1) is 0 Å². The van der Waals surface area contributed by atoms with E-state index in [0.717, 1.165) is 12.2 Å². The zero-order valence-corrected chi connectivity index (χ0v) is 11.0. The van der Waals surface area contributed by atoms with E-state index in [0.29, 0.717) is 5.57 Å². The number of rotatable bonds is 3. The minimum absolute atomic E-state index is 0.0827. The summed E-state index contributed by atoms with van der Waals surface area (Å²) in [5.41, 5.74) is 1.16. The number of hydrogen-bond donors (Lipinski definition) is 0. The highest BCUT2D eigenvalue weighted by atomic mass is 16.6. The molecule has 0 aromatic rings. The Balaban J connectivity index is 2.28. The van der Waals surface area contributed by atoms with Crippen molar-refractivity contribution in [3.63, 3.8) is 0 Å². The van der Waals surface area contributed by atoms with Gasteiger partial charge in [0.05, 0.1) is 4.92 Å². The maximum atomic E-state index is 11.7. The van der Waals surface area contributed by atoms with Crippen molar-refractivity contribution in [2.45, 2.75) is 6.92 Å². The maximum Gasteiger partial charge on any atom is 0.270 e. The first-order chi connectivity index (χ1) is 9.61. The molecule has 0 unspecified atom stereocenters. The Morgan fingerprint density at radius 2 is 2.05 bits per heavy atom. The summed E-state index contributed by atoms with van der Waals surface area (Å²) in [4.78, 5) is 23.9. The largest absolute Gasteiger partial charge is 0.348 e. The summed E-state index contributed by atoms with van der Waals surface area (Å²) < 4.78 is 0. The van der Waals surface area contributed by atoms with Crippen LogP contribution in [0.25, 0.3) is 0 Å². The highest BCUT2D eigenvalue weighted by Crippen LogP contribution is 2.16. The molecule has 0 spiro atoms. The molecule has 5 nitrogen and oxygen atoms in total. The van der Waals surface area contributed by atoms with Crippen LogP contribution in [0.5, 0.6) is 0 Å². The predicted molar refractivity (Wildman–Crippen MR) is 76.1 cm³/mol. The second-order valence-corrected chi connectivity index (χ2v) is 4.22. The lowest BCUT2D eigenvalue weighted by Gasteiger charge is -2.21. The van der Waals surface area contributed by atoms with Gasteiger partial charge in [-0.2, -0.15) is 0 Å². The Bertz CT molecular complexity index is 619. The third kappa shape index (κ3) is 3.00. The summed E-state index contributed by atoms with van der Waals surface area (Å²) in [5.74, 6) is -0.231. The van der Waals surface area contributed by atoms with Crippen LogP contribution in [0.3, 0.4) is 0 Å². The lowest BCUT2D eigenvalue weighted by Crippen LogP contribution is -2.16. The first-order valence-corrected chi connectivity index (χ1v) is 6.24. The van der Waals surface area contributed by atoms with Gasteiger partial charge in [0.15, 0.2) is 5.78 Å². The highest BCUT2D eigenvalue weighted by molar-refractivity contribution is 6.07. The number of carbonyl (C=O) groups is 1. The van der Waals surface area contributed by atoms with Gasteiger partial charge < -0.3 is 4.90 Å². The van der Waals surface area contributed by atoms with Gasteiger partial charge in [0, 0.05) is 36.2 Å². The molecule has 0 saturated carbocycles. The fourth-order valence-corrected chi connectivity index (χ4v) is 1.88. The molecule has 2 rings (SSSR count). The van der Waals surface area contributed by atoms with Crippen molar-refractivity contribution in [2.24, 2.45) is 0 Å². The summed E-state index contributed by atoms with van der Waals surface area (Å²) in [6, 6.07) is 0. The van der Waals surface area contributed by atoms with Crippen molar-refractivity contribution in [3.8, 4) is 0 Å². The molecule has 102 valence electrons. The summed E-state index contributed by atoms with van der Waals surface area (Å²) in [5, 5.41) is 10.7. The van der Waals surface area contributed by atoms with E-state index >= 15 is 0 Å². The number of nitro groups is 1. The first kappa shape index (κ1) is 13.7. The summed E-state index contributed by atoms with van der Waals surface area (Å²) >= 11 is 0. The molecule has 1 aliphatic heterocycles. The number of nitrogens with zero attached hydrogens (tertiary/aromatic N) is 2. The molecule has 0 atom stereocenters. The van der Waals surface area contributed by atoms with Gasteiger partial charge >= 0.3 is 0 Å². The topological polar surface area (TPSA) is 63.4 Å². The number of likely N-dealkylation sites (N-methyl/N-ethyl adjacent to an activating group) is 1. The molecule has 0 amide bonds. The van der Waals surface area contributed by atoms with Crippen molar-refractivity contribution in [2.75, 3.05) is 6.54 Å². The third-order valence-corrected chi connectivity index (χ3v) is 2.95. The third-order valence-electron chi connectivity index (χ3n) is 2.95. The fraction of sp³-hybridized carbons (Fsp3) is 0.133. The summed E-state index contributed by atoms with van der Waals surface area (Å²) in [6.45, 7) is 2.82. The number of hydrogen-bond acceptors (Lipinski definition) is 4. The van der Waals surface area contributed by atoms with Gasteiger partial charge in [0.25, 0.3) is 5.70 Å². The van der Waals surface area contributed by atoms with Crippen molar-refractivity contribution >= 4 is 5.78 Å². The molecule has 5 heteroatoms.